The summed E-state index contributed by atoms with van der Waals surface area (Å²) in [6, 6.07) is 53.7. The standard InChI is InChI=1S/C56H44N2OS/c1-55(2)43-31-35(23-27-39(43)41-29-25-37(33-45(41)55)57-47-13-5-9-17-51(47)59-52-18-10-6-14-48(52)57)21-22-36-24-28-40-42-30-26-38(34-46(42)56(3,4)44(40)32-36)58-49-15-7-11-19-53(49)60-54-20-12-8-16-50(54)58/h5-7,9-15,17-34H,8,16H2,1-4H3/b22-21+. The molecule has 2 aliphatic heterocycles. The summed E-state index contributed by atoms with van der Waals surface area (Å²) in [5, 5.41) is 0. The van der Waals surface area contributed by atoms with Gasteiger partial charge in [-0.25, -0.2) is 0 Å². The minimum atomic E-state index is -0.168. The molecule has 5 aliphatic rings. The normalized spacial score (nSPS) is 16.9. The molecule has 0 saturated heterocycles. The van der Waals surface area contributed by atoms with Crippen molar-refractivity contribution in [1.82, 2.24) is 0 Å². The van der Waals surface area contributed by atoms with Crippen LogP contribution in [0, 0.1) is 0 Å². The lowest BCUT2D eigenvalue weighted by Crippen LogP contribution is -2.23. The molecule has 290 valence electrons. The molecule has 0 radical (unpaired) electrons. The van der Waals surface area contributed by atoms with Crippen LogP contribution in [0.25, 0.3) is 34.4 Å². The third-order valence-corrected chi connectivity index (χ3v) is 14.6. The van der Waals surface area contributed by atoms with Gasteiger partial charge in [0.15, 0.2) is 11.5 Å². The van der Waals surface area contributed by atoms with E-state index in [1.54, 1.807) is 0 Å². The number of hydrogen-bond acceptors (Lipinski definition) is 4. The molecule has 7 aromatic rings. The second kappa shape index (κ2) is 13.0. The van der Waals surface area contributed by atoms with Gasteiger partial charge in [-0.3, -0.25) is 0 Å². The first-order valence-corrected chi connectivity index (χ1v) is 22.0. The smallest absolute Gasteiger partial charge is 0.151 e. The van der Waals surface area contributed by atoms with E-state index in [-0.39, 0.29) is 10.8 Å². The molecule has 0 amide bonds. The zero-order chi connectivity index (χ0) is 40.3. The van der Waals surface area contributed by atoms with E-state index in [0.717, 1.165) is 41.4 Å². The minimum Gasteiger partial charge on any atom is -0.453 e. The fourth-order valence-electron chi connectivity index (χ4n) is 10.4. The molecule has 0 fully saturated rings. The number of fused-ring (bicyclic) bond motifs is 9. The van der Waals surface area contributed by atoms with Crippen LogP contribution in [0.3, 0.4) is 0 Å². The summed E-state index contributed by atoms with van der Waals surface area (Å²) in [5.41, 5.74) is 20.1. The Bertz CT molecular complexity index is 3030. The van der Waals surface area contributed by atoms with Crippen molar-refractivity contribution in [1.29, 1.82) is 0 Å². The highest BCUT2D eigenvalue weighted by atomic mass is 32.2. The number of rotatable bonds is 4. The van der Waals surface area contributed by atoms with Crippen molar-refractivity contribution in [3.8, 4) is 33.8 Å². The van der Waals surface area contributed by atoms with Crippen molar-refractivity contribution in [3.63, 3.8) is 0 Å². The fraction of sp³-hybridized carbons (Fsp3) is 0.143. The van der Waals surface area contributed by atoms with Crippen LogP contribution in [-0.2, 0) is 10.8 Å². The molecule has 12 rings (SSSR count). The van der Waals surface area contributed by atoms with Crippen LogP contribution in [0.2, 0.25) is 0 Å². The Morgan fingerprint density at radius 1 is 0.517 bits per heavy atom. The lowest BCUT2D eigenvalue weighted by Gasteiger charge is -2.36. The van der Waals surface area contributed by atoms with Crippen LogP contribution < -0.4 is 14.5 Å². The number of nitrogens with zero attached hydrogens (tertiary/aromatic N) is 2. The summed E-state index contributed by atoms with van der Waals surface area (Å²) in [6.07, 6.45) is 11.3. The Kier molecular flexibility index (Phi) is 7.68. The summed E-state index contributed by atoms with van der Waals surface area (Å²) in [5.74, 6) is 1.74. The molecule has 3 nitrogen and oxygen atoms in total. The summed E-state index contributed by atoms with van der Waals surface area (Å²) in [6.45, 7) is 9.52. The van der Waals surface area contributed by atoms with Gasteiger partial charge in [0.2, 0.25) is 0 Å². The van der Waals surface area contributed by atoms with Gasteiger partial charge < -0.3 is 14.5 Å². The van der Waals surface area contributed by atoms with E-state index in [2.05, 4.69) is 195 Å². The Labute approximate surface area is 357 Å². The quantitative estimate of drug-likeness (QED) is 0.165. The van der Waals surface area contributed by atoms with Gasteiger partial charge in [-0.1, -0.05) is 149 Å². The highest BCUT2D eigenvalue weighted by Gasteiger charge is 2.39. The SMILES string of the molecule is CC1(C)c2cc(/C=C/c3ccc4c(c3)C(C)(C)c3cc(N5c6ccccc6Oc6ccccc65)ccc3-4)ccc2-c2ccc(N3C4=C(C=CCC4)Sc4ccccc43)cc21. The van der Waals surface area contributed by atoms with Crippen LogP contribution in [0.4, 0.5) is 28.4 Å². The minimum absolute atomic E-state index is 0.133. The molecule has 0 unspecified atom stereocenters. The number of allylic oxidation sites excluding steroid dienone is 3. The maximum atomic E-state index is 6.32. The molecular weight excluding hydrogens is 749 g/mol. The van der Waals surface area contributed by atoms with E-state index in [4.69, 9.17) is 4.74 Å². The van der Waals surface area contributed by atoms with Crippen molar-refractivity contribution >= 4 is 52.4 Å². The van der Waals surface area contributed by atoms with E-state index >= 15 is 0 Å². The average Bonchev–Trinajstić information content (AvgIpc) is 3.64. The third kappa shape index (κ3) is 5.23. The molecule has 0 saturated carbocycles. The van der Waals surface area contributed by atoms with Crippen LogP contribution >= 0.6 is 11.8 Å². The van der Waals surface area contributed by atoms with E-state index in [1.807, 2.05) is 23.9 Å². The average molecular weight is 793 g/mol. The van der Waals surface area contributed by atoms with Crippen LogP contribution in [-0.4, -0.2) is 0 Å². The first kappa shape index (κ1) is 35.5. The molecule has 2 heterocycles. The maximum Gasteiger partial charge on any atom is 0.151 e. The summed E-state index contributed by atoms with van der Waals surface area (Å²) >= 11 is 1.90. The van der Waals surface area contributed by atoms with E-state index in [1.165, 1.54) is 82.5 Å². The molecule has 60 heavy (non-hydrogen) atoms. The molecular formula is C56H44N2OS. The molecule has 7 aromatic carbocycles. The lowest BCUT2D eigenvalue weighted by molar-refractivity contribution is 0.477. The number of ether oxygens (including phenoxy) is 1. The predicted molar refractivity (Wildman–Crippen MR) is 252 cm³/mol. The van der Waals surface area contributed by atoms with Gasteiger partial charge in [0.1, 0.15) is 0 Å². The number of anilines is 5. The van der Waals surface area contributed by atoms with Crippen molar-refractivity contribution in [2.24, 2.45) is 0 Å². The molecule has 3 aliphatic carbocycles. The number of benzene rings is 7. The predicted octanol–water partition coefficient (Wildman–Crippen LogP) is 15.9. The van der Waals surface area contributed by atoms with Crippen molar-refractivity contribution < 1.29 is 4.74 Å². The monoisotopic (exact) mass is 792 g/mol. The number of thioether (sulfide) groups is 1. The van der Waals surface area contributed by atoms with Gasteiger partial charge >= 0.3 is 0 Å². The van der Waals surface area contributed by atoms with E-state index < -0.39 is 0 Å². The van der Waals surface area contributed by atoms with Crippen LogP contribution in [0.15, 0.2) is 173 Å². The van der Waals surface area contributed by atoms with Gasteiger partial charge in [0, 0.05) is 37.7 Å². The first-order chi connectivity index (χ1) is 29.2. The highest BCUT2D eigenvalue weighted by molar-refractivity contribution is 8.03. The molecule has 0 spiro atoms. The van der Waals surface area contributed by atoms with Crippen molar-refractivity contribution in [2.45, 2.75) is 56.3 Å². The molecule has 0 atom stereocenters. The fourth-order valence-corrected chi connectivity index (χ4v) is 11.5. The summed E-state index contributed by atoms with van der Waals surface area (Å²) in [4.78, 5) is 7.54. The van der Waals surface area contributed by atoms with E-state index in [0.29, 0.717) is 0 Å². The Balaban J connectivity index is 0.844. The van der Waals surface area contributed by atoms with Gasteiger partial charge in [-0.05, 0) is 129 Å². The van der Waals surface area contributed by atoms with E-state index in [9.17, 15) is 0 Å². The van der Waals surface area contributed by atoms with Crippen LogP contribution in [0.1, 0.15) is 73.9 Å². The summed E-state index contributed by atoms with van der Waals surface area (Å²) < 4.78 is 6.32. The maximum absolute atomic E-state index is 6.32. The van der Waals surface area contributed by atoms with Crippen molar-refractivity contribution in [3.05, 3.63) is 202 Å². The number of para-hydroxylation sites is 5. The second-order valence-electron chi connectivity index (χ2n) is 17.7. The third-order valence-electron chi connectivity index (χ3n) is 13.5. The second-order valence-corrected chi connectivity index (χ2v) is 18.8. The lowest BCUT2D eigenvalue weighted by atomic mass is 9.81. The van der Waals surface area contributed by atoms with Gasteiger partial charge in [0.05, 0.1) is 17.1 Å². The molecule has 0 aromatic heterocycles. The van der Waals surface area contributed by atoms with Crippen LogP contribution in [0.5, 0.6) is 11.5 Å². The molecule has 0 bridgehead atoms. The Morgan fingerprint density at radius 3 is 1.58 bits per heavy atom. The van der Waals surface area contributed by atoms with Gasteiger partial charge in [0.25, 0.3) is 0 Å². The Hall–Kier alpha value is -6.49. The molecule has 0 N–H and O–H groups in total. The summed E-state index contributed by atoms with van der Waals surface area (Å²) in [7, 11) is 0. The Morgan fingerprint density at radius 2 is 1.00 bits per heavy atom. The zero-order valence-corrected chi connectivity index (χ0v) is 35.1. The highest BCUT2D eigenvalue weighted by Crippen LogP contribution is 2.56. The van der Waals surface area contributed by atoms with Gasteiger partial charge in [-0.2, -0.15) is 0 Å². The largest absolute Gasteiger partial charge is 0.453 e. The van der Waals surface area contributed by atoms with Crippen molar-refractivity contribution in [2.75, 3.05) is 9.80 Å². The topological polar surface area (TPSA) is 15.7 Å². The van der Waals surface area contributed by atoms with Gasteiger partial charge in [-0.15, -0.1) is 0 Å². The first-order valence-electron chi connectivity index (χ1n) is 21.1. The number of hydrogen-bond donors (Lipinski definition) is 0. The zero-order valence-electron chi connectivity index (χ0n) is 34.3. The molecule has 4 heteroatoms.